The minimum atomic E-state index is -0.435. The minimum Gasteiger partial charge on any atom is -0.494 e. The Morgan fingerprint density at radius 1 is 1.27 bits per heavy atom. The molecule has 1 aromatic carbocycles. The van der Waals surface area contributed by atoms with E-state index < -0.39 is 6.10 Å². The molecule has 0 fully saturated rings. The smallest absolute Gasteiger partial charge is 0.119 e. The van der Waals surface area contributed by atoms with Gasteiger partial charge in [0.1, 0.15) is 5.75 Å². The van der Waals surface area contributed by atoms with Gasteiger partial charge in [0.05, 0.1) is 12.7 Å². The molecule has 0 radical (unpaired) electrons. The molecule has 1 N–H and O–H groups in total. The Kier molecular flexibility index (Phi) is 4.59. The Balaban J connectivity index is 2.62. The van der Waals surface area contributed by atoms with Crippen molar-refractivity contribution in [2.45, 2.75) is 13.0 Å². The fraction of sp³-hybridized carbons (Fsp3) is 0.500. The van der Waals surface area contributed by atoms with Gasteiger partial charge in [-0.1, -0.05) is 12.1 Å². The molecule has 0 aliphatic carbocycles. The van der Waals surface area contributed by atoms with Crippen LogP contribution in [0.15, 0.2) is 24.3 Å². The summed E-state index contributed by atoms with van der Waals surface area (Å²) in [5, 5.41) is 9.83. The molecule has 0 aliphatic rings. The Morgan fingerprint density at radius 2 is 1.87 bits per heavy atom. The van der Waals surface area contributed by atoms with Crippen LogP contribution < -0.4 is 4.74 Å². The van der Waals surface area contributed by atoms with Crippen molar-refractivity contribution >= 4 is 0 Å². The highest BCUT2D eigenvalue weighted by Gasteiger charge is 2.08. The van der Waals surface area contributed by atoms with Gasteiger partial charge < -0.3 is 14.7 Å². The summed E-state index contributed by atoms with van der Waals surface area (Å²) >= 11 is 0. The van der Waals surface area contributed by atoms with E-state index in [1.807, 2.05) is 50.2 Å². The Bertz CT molecular complexity index is 282. The first kappa shape index (κ1) is 12.0. The number of rotatable bonds is 5. The summed E-state index contributed by atoms with van der Waals surface area (Å²) in [4.78, 5) is 1.96. The number of aliphatic hydroxyl groups is 1. The molecule has 0 amide bonds. The van der Waals surface area contributed by atoms with Gasteiger partial charge in [-0.15, -0.1) is 0 Å². The zero-order valence-electron chi connectivity index (χ0n) is 9.60. The van der Waals surface area contributed by atoms with Crippen molar-refractivity contribution in [3.8, 4) is 5.75 Å². The lowest BCUT2D eigenvalue weighted by molar-refractivity contribution is 0.138. The second kappa shape index (κ2) is 5.73. The molecule has 1 aromatic rings. The quantitative estimate of drug-likeness (QED) is 0.801. The predicted molar refractivity (Wildman–Crippen MR) is 61.1 cm³/mol. The summed E-state index contributed by atoms with van der Waals surface area (Å²) in [5.41, 5.74) is 0.923. The van der Waals surface area contributed by atoms with Crippen molar-refractivity contribution in [3.05, 3.63) is 29.8 Å². The SMILES string of the molecule is CCOc1ccc(C(O)CN(C)C)cc1. The number of ether oxygens (including phenoxy) is 1. The number of likely N-dealkylation sites (N-methyl/N-ethyl adjacent to an activating group) is 1. The summed E-state index contributed by atoms with van der Waals surface area (Å²) in [7, 11) is 3.88. The molecule has 0 spiro atoms. The lowest BCUT2D eigenvalue weighted by Gasteiger charge is -2.16. The molecule has 0 aliphatic heterocycles. The Labute approximate surface area is 91.3 Å². The fourth-order valence-electron chi connectivity index (χ4n) is 1.40. The van der Waals surface area contributed by atoms with Crippen LogP contribution in [-0.2, 0) is 0 Å². The zero-order valence-corrected chi connectivity index (χ0v) is 9.60. The largest absolute Gasteiger partial charge is 0.494 e. The van der Waals surface area contributed by atoms with Gasteiger partial charge in [-0.25, -0.2) is 0 Å². The van der Waals surface area contributed by atoms with Crippen LogP contribution in [-0.4, -0.2) is 37.3 Å². The van der Waals surface area contributed by atoms with Crippen molar-refractivity contribution in [1.82, 2.24) is 4.90 Å². The molecule has 1 unspecified atom stereocenters. The summed E-state index contributed by atoms with van der Waals surface area (Å²) in [6.45, 7) is 3.25. The number of hydrogen-bond acceptors (Lipinski definition) is 3. The zero-order chi connectivity index (χ0) is 11.3. The van der Waals surface area contributed by atoms with E-state index in [1.54, 1.807) is 0 Å². The number of aliphatic hydroxyl groups excluding tert-OH is 1. The van der Waals surface area contributed by atoms with Gasteiger partial charge in [-0.05, 0) is 38.7 Å². The molecule has 0 heterocycles. The molecule has 0 aromatic heterocycles. The van der Waals surface area contributed by atoms with Gasteiger partial charge in [0.25, 0.3) is 0 Å². The lowest BCUT2D eigenvalue weighted by atomic mass is 10.1. The van der Waals surface area contributed by atoms with Crippen LogP contribution in [0.5, 0.6) is 5.75 Å². The third-order valence-corrected chi connectivity index (χ3v) is 2.11. The van der Waals surface area contributed by atoms with Crippen LogP contribution in [0.1, 0.15) is 18.6 Å². The van der Waals surface area contributed by atoms with Gasteiger partial charge in [-0.2, -0.15) is 0 Å². The van der Waals surface area contributed by atoms with E-state index >= 15 is 0 Å². The van der Waals surface area contributed by atoms with Crippen molar-refractivity contribution in [2.75, 3.05) is 27.2 Å². The summed E-state index contributed by atoms with van der Waals surface area (Å²) in [5.74, 6) is 0.846. The van der Waals surface area contributed by atoms with Crippen LogP contribution in [0.25, 0.3) is 0 Å². The van der Waals surface area contributed by atoms with Crippen molar-refractivity contribution < 1.29 is 9.84 Å². The normalized spacial score (nSPS) is 12.9. The monoisotopic (exact) mass is 209 g/mol. The highest BCUT2D eigenvalue weighted by molar-refractivity contribution is 5.28. The first-order valence-electron chi connectivity index (χ1n) is 5.19. The first-order chi connectivity index (χ1) is 7.13. The lowest BCUT2D eigenvalue weighted by Crippen LogP contribution is -2.19. The van der Waals surface area contributed by atoms with Crippen LogP contribution in [0.4, 0.5) is 0 Å². The molecule has 0 saturated heterocycles. The minimum absolute atomic E-state index is 0.435. The van der Waals surface area contributed by atoms with Gasteiger partial charge in [-0.3, -0.25) is 0 Å². The maximum atomic E-state index is 9.83. The average molecular weight is 209 g/mol. The molecule has 0 bridgehead atoms. The van der Waals surface area contributed by atoms with Crippen LogP contribution in [0, 0.1) is 0 Å². The molecule has 3 heteroatoms. The Morgan fingerprint density at radius 3 is 2.33 bits per heavy atom. The Hall–Kier alpha value is -1.06. The second-order valence-corrected chi connectivity index (χ2v) is 3.78. The number of hydrogen-bond donors (Lipinski definition) is 1. The molecule has 1 rings (SSSR count). The predicted octanol–water partition coefficient (Wildman–Crippen LogP) is 1.68. The van der Waals surface area contributed by atoms with E-state index in [0.717, 1.165) is 11.3 Å². The second-order valence-electron chi connectivity index (χ2n) is 3.78. The molecule has 15 heavy (non-hydrogen) atoms. The maximum absolute atomic E-state index is 9.83. The topological polar surface area (TPSA) is 32.7 Å². The fourth-order valence-corrected chi connectivity index (χ4v) is 1.40. The van der Waals surface area contributed by atoms with E-state index in [4.69, 9.17) is 4.74 Å². The van der Waals surface area contributed by atoms with Gasteiger partial charge in [0, 0.05) is 6.54 Å². The molecule has 84 valence electrons. The standard InChI is InChI=1S/C12H19NO2/c1-4-15-11-7-5-10(6-8-11)12(14)9-13(2)3/h5-8,12,14H,4,9H2,1-3H3. The number of benzene rings is 1. The first-order valence-corrected chi connectivity index (χ1v) is 5.19. The van der Waals surface area contributed by atoms with Crippen LogP contribution in [0.2, 0.25) is 0 Å². The molecular weight excluding hydrogens is 190 g/mol. The van der Waals surface area contributed by atoms with Crippen LogP contribution >= 0.6 is 0 Å². The van der Waals surface area contributed by atoms with Crippen molar-refractivity contribution in [3.63, 3.8) is 0 Å². The van der Waals surface area contributed by atoms with Crippen molar-refractivity contribution in [1.29, 1.82) is 0 Å². The molecular formula is C12H19NO2. The van der Waals surface area contributed by atoms with Crippen LogP contribution in [0.3, 0.4) is 0 Å². The van der Waals surface area contributed by atoms with Gasteiger partial charge in [0.15, 0.2) is 0 Å². The average Bonchev–Trinajstić information content (AvgIpc) is 2.18. The number of nitrogens with zero attached hydrogens (tertiary/aromatic N) is 1. The van der Waals surface area contributed by atoms with Gasteiger partial charge >= 0.3 is 0 Å². The van der Waals surface area contributed by atoms with Gasteiger partial charge in [0.2, 0.25) is 0 Å². The third-order valence-electron chi connectivity index (χ3n) is 2.11. The third kappa shape index (κ3) is 3.90. The van der Waals surface area contributed by atoms with E-state index in [2.05, 4.69) is 0 Å². The van der Waals surface area contributed by atoms with E-state index in [0.29, 0.717) is 13.2 Å². The van der Waals surface area contributed by atoms with E-state index in [-0.39, 0.29) is 0 Å². The highest BCUT2D eigenvalue weighted by atomic mass is 16.5. The molecule has 1 atom stereocenters. The highest BCUT2D eigenvalue weighted by Crippen LogP contribution is 2.18. The summed E-state index contributed by atoms with van der Waals surface area (Å²) in [6, 6.07) is 7.58. The van der Waals surface area contributed by atoms with E-state index in [1.165, 1.54) is 0 Å². The van der Waals surface area contributed by atoms with Crippen molar-refractivity contribution in [2.24, 2.45) is 0 Å². The molecule has 0 saturated carbocycles. The van der Waals surface area contributed by atoms with E-state index in [9.17, 15) is 5.11 Å². The summed E-state index contributed by atoms with van der Waals surface area (Å²) < 4.78 is 5.33. The molecule has 3 nitrogen and oxygen atoms in total. The maximum Gasteiger partial charge on any atom is 0.119 e. The summed E-state index contributed by atoms with van der Waals surface area (Å²) in [6.07, 6.45) is -0.435.